The van der Waals surface area contributed by atoms with E-state index in [1.165, 1.54) is 22.9 Å². The molecule has 3 aromatic rings. The van der Waals surface area contributed by atoms with E-state index in [1.807, 2.05) is 18.2 Å². The molecule has 0 bridgehead atoms. The first-order valence-corrected chi connectivity index (χ1v) is 9.79. The summed E-state index contributed by atoms with van der Waals surface area (Å²) in [5.74, 6) is 1.46. The molecule has 26 heavy (non-hydrogen) atoms. The molecule has 136 valence electrons. The molecule has 1 aromatic heterocycles. The highest BCUT2D eigenvalue weighted by Gasteiger charge is 2.17. The summed E-state index contributed by atoms with van der Waals surface area (Å²) in [6.45, 7) is 7.47. The van der Waals surface area contributed by atoms with E-state index in [2.05, 4.69) is 71.9 Å². The summed E-state index contributed by atoms with van der Waals surface area (Å²) in [7, 11) is 0. The van der Waals surface area contributed by atoms with E-state index in [0.717, 1.165) is 16.5 Å². The monoisotopic (exact) mass is 367 g/mol. The van der Waals surface area contributed by atoms with Crippen molar-refractivity contribution in [3.8, 4) is 11.4 Å². The first-order valence-electron chi connectivity index (χ1n) is 8.81. The fourth-order valence-corrected chi connectivity index (χ4v) is 3.45. The summed E-state index contributed by atoms with van der Waals surface area (Å²) < 4.78 is 2.13. The van der Waals surface area contributed by atoms with Crippen molar-refractivity contribution in [2.24, 2.45) is 0 Å². The Morgan fingerprint density at radius 2 is 1.65 bits per heavy atom. The molecule has 0 atom stereocenters. The van der Waals surface area contributed by atoms with E-state index in [0.29, 0.717) is 12.3 Å². The topological polar surface area (TPSA) is 50.9 Å². The third kappa shape index (κ3) is 4.34. The quantitative estimate of drug-likeness (QED) is 0.657. The van der Waals surface area contributed by atoms with Crippen LogP contribution in [0.4, 0.5) is 0 Å². The van der Waals surface area contributed by atoms with Crippen LogP contribution >= 0.6 is 11.8 Å². The molecule has 0 spiro atoms. The summed E-state index contributed by atoms with van der Waals surface area (Å²) in [6, 6.07) is 18.9. The number of hydrogen-bond acceptors (Lipinski definition) is 4. The third-order valence-electron chi connectivity index (χ3n) is 4.23. The summed E-state index contributed by atoms with van der Waals surface area (Å²) in [4.78, 5) is 0. The number of thioether (sulfide) groups is 1. The minimum atomic E-state index is 0.123. The lowest BCUT2D eigenvalue weighted by Crippen LogP contribution is -2.10. The Morgan fingerprint density at radius 1 is 0.962 bits per heavy atom. The van der Waals surface area contributed by atoms with Gasteiger partial charge in [0.2, 0.25) is 0 Å². The van der Waals surface area contributed by atoms with Gasteiger partial charge < -0.3 is 5.11 Å². The molecule has 2 aromatic carbocycles. The fourth-order valence-electron chi connectivity index (χ4n) is 2.77. The molecule has 1 N–H and O–H groups in total. The van der Waals surface area contributed by atoms with Crippen LogP contribution in [0.3, 0.4) is 0 Å². The van der Waals surface area contributed by atoms with Crippen molar-refractivity contribution in [1.29, 1.82) is 0 Å². The van der Waals surface area contributed by atoms with Gasteiger partial charge in [-0.2, -0.15) is 0 Å². The molecule has 0 unspecified atom stereocenters. The van der Waals surface area contributed by atoms with Gasteiger partial charge in [-0.3, -0.25) is 4.57 Å². The third-order valence-corrected chi connectivity index (χ3v) is 5.18. The lowest BCUT2D eigenvalue weighted by Gasteiger charge is -2.19. The second-order valence-electron chi connectivity index (χ2n) is 7.28. The molecule has 0 saturated carbocycles. The zero-order chi connectivity index (χ0) is 18.6. The summed E-state index contributed by atoms with van der Waals surface area (Å²) >= 11 is 1.53. The second kappa shape index (κ2) is 8.06. The predicted molar refractivity (Wildman–Crippen MR) is 108 cm³/mol. The van der Waals surface area contributed by atoms with Crippen LogP contribution in [0.5, 0.6) is 0 Å². The Morgan fingerprint density at radius 3 is 2.27 bits per heavy atom. The van der Waals surface area contributed by atoms with Crippen molar-refractivity contribution in [2.45, 2.75) is 37.9 Å². The van der Waals surface area contributed by atoms with Crippen LogP contribution in [0.25, 0.3) is 11.4 Å². The molecule has 0 aliphatic carbocycles. The molecule has 0 saturated heterocycles. The van der Waals surface area contributed by atoms with Crippen molar-refractivity contribution in [3.63, 3.8) is 0 Å². The maximum absolute atomic E-state index is 9.16. The van der Waals surface area contributed by atoms with E-state index < -0.39 is 0 Å². The number of rotatable bonds is 6. The van der Waals surface area contributed by atoms with Crippen LogP contribution in [0.2, 0.25) is 0 Å². The maximum Gasteiger partial charge on any atom is 0.191 e. The van der Waals surface area contributed by atoms with Gasteiger partial charge in [0.15, 0.2) is 11.0 Å². The molecule has 3 rings (SSSR count). The van der Waals surface area contributed by atoms with Gasteiger partial charge in [-0.1, -0.05) is 87.1 Å². The number of aliphatic hydroxyl groups excluding tert-OH is 1. The van der Waals surface area contributed by atoms with Gasteiger partial charge in [-0.05, 0) is 16.5 Å². The van der Waals surface area contributed by atoms with Crippen LogP contribution in [0, 0.1) is 0 Å². The summed E-state index contributed by atoms with van der Waals surface area (Å²) in [5.41, 5.74) is 3.67. The second-order valence-corrected chi connectivity index (χ2v) is 8.34. The molecule has 0 aliphatic heterocycles. The Bertz CT molecular complexity index is 836. The standard InChI is InChI=1S/C21H25N3OS/c1-21(2,3)18-11-9-17(10-12-18)19-22-23-20(26-14-13-25)24(19)15-16-7-5-4-6-8-16/h4-12,25H,13-15H2,1-3H3. The predicted octanol–water partition coefficient (Wildman–Crippen LogP) is 4.38. The van der Waals surface area contributed by atoms with E-state index in [1.54, 1.807) is 0 Å². The number of aromatic nitrogens is 3. The highest BCUT2D eigenvalue weighted by molar-refractivity contribution is 7.99. The van der Waals surface area contributed by atoms with Crippen molar-refractivity contribution in [1.82, 2.24) is 14.8 Å². The summed E-state index contributed by atoms with van der Waals surface area (Å²) in [6.07, 6.45) is 0. The highest BCUT2D eigenvalue weighted by atomic mass is 32.2. The van der Waals surface area contributed by atoms with Gasteiger partial charge in [0.05, 0.1) is 13.2 Å². The van der Waals surface area contributed by atoms with Crippen molar-refractivity contribution < 1.29 is 5.11 Å². The average molecular weight is 368 g/mol. The largest absolute Gasteiger partial charge is 0.396 e. The van der Waals surface area contributed by atoms with Gasteiger partial charge in [-0.15, -0.1) is 10.2 Å². The molecule has 1 heterocycles. The van der Waals surface area contributed by atoms with Crippen LogP contribution in [0.1, 0.15) is 31.9 Å². The molecular weight excluding hydrogens is 342 g/mol. The van der Waals surface area contributed by atoms with Gasteiger partial charge >= 0.3 is 0 Å². The number of benzene rings is 2. The zero-order valence-corrected chi connectivity index (χ0v) is 16.3. The van der Waals surface area contributed by atoms with Crippen molar-refractivity contribution >= 4 is 11.8 Å². The van der Waals surface area contributed by atoms with Crippen LogP contribution in [-0.4, -0.2) is 32.2 Å². The number of hydrogen-bond donors (Lipinski definition) is 1. The lowest BCUT2D eigenvalue weighted by atomic mass is 9.87. The smallest absolute Gasteiger partial charge is 0.191 e. The molecule has 4 nitrogen and oxygen atoms in total. The lowest BCUT2D eigenvalue weighted by molar-refractivity contribution is 0.322. The maximum atomic E-state index is 9.16. The molecule has 0 radical (unpaired) electrons. The van der Waals surface area contributed by atoms with Crippen LogP contribution in [-0.2, 0) is 12.0 Å². The highest BCUT2D eigenvalue weighted by Crippen LogP contribution is 2.28. The van der Waals surface area contributed by atoms with E-state index in [-0.39, 0.29) is 12.0 Å². The molecule has 0 aliphatic rings. The average Bonchev–Trinajstić information content (AvgIpc) is 3.02. The van der Waals surface area contributed by atoms with E-state index in [4.69, 9.17) is 5.11 Å². The molecular formula is C21H25N3OS. The van der Waals surface area contributed by atoms with Crippen molar-refractivity contribution in [3.05, 3.63) is 65.7 Å². The van der Waals surface area contributed by atoms with Crippen LogP contribution < -0.4 is 0 Å². The molecule has 5 heteroatoms. The van der Waals surface area contributed by atoms with Gasteiger partial charge in [0.1, 0.15) is 0 Å². The van der Waals surface area contributed by atoms with Gasteiger partial charge in [0.25, 0.3) is 0 Å². The van der Waals surface area contributed by atoms with Gasteiger partial charge in [-0.25, -0.2) is 0 Å². The fraction of sp³-hybridized carbons (Fsp3) is 0.333. The van der Waals surface area contributed by atoms with E-state index >= 15 is 0 Å². The SMILES string of the molecule is CC(C)(C)c1ccc(-c2nnc(SCCO)n2Cc2ccccc2)cc1. The first-order chi connectivity index (χ1) is 12.5. The normalized spacial score (nSPS) is 11.7. The zero-order valence-electron chi connectivity index (χ0n) is 15.5. The Hall–Kier alpha value is -2.11. The number of aliphatic hydroxyl groups is 1. The summed E-state index contributed by atoms with van der Waals surface area (Å²) in [5, 5.41) is 18.8. The van der Waals surface area contributed by atoms with Crippen molar-refractivity contribution in [2.75, 3.05) is 12.4 Å². The minimum absolute atomic E-state index is 0.123. The number of nitrogens with zero attached hydrogens (tertiary/aromatic N) is 3. The Kier molecular flexibility index (Phi) is 5.79. The van der Waals surface area contributed by atoms with E-state index in [9.17, 15) is 0 Å². The Labute approximate surface area is 159 Å². The Balaban J connectivity index is 1.97. The molecule has 0 amide bonds. The molecule has 0 fully saturated rings. The minimum Gasteiger partial charge on any atom is -0.396 e. The van der Waals surface area contributed by atoms with Crippen LogP contribution in [0.15, 0.2) is 59.8 Å². The first kappa shape index (κ1) is 18.7. The van der Waals surface area contributed by atoms with Gasteiger partial charge in [0, 0.05) is 11.3 Å².